The van der Waals surface area contributed by atoms with E-state index in [0.717, 1.165) is 16.5 Å². The Morgan fingerprint density at radius 3 is 2.28 bits per heavy atom. The van der Waals surface area contributed by atoms with Crippen molar-refractivity contribution in [1.82, 2.24) is 0 Å². The molecule has 6 nitrogen and oxygen atoms in total. The first-order valence-corrected chi connectivity index (χ1v) is 11.5. The van der Waals surface area contributed by atoms with Crippen LogP contribution in [0.5, 0.6) is 5.75 Å². The first kappa shape index (κ1) is 22.9. The molecule has 0 aliphatic rings. The second kappa shape index (κ2) is 10.2. The number of nitrogens with one attached hydrogen (secondary N) is 2. The maximum absolute atomic E-state index is 12.7. The normalized spacial score (nSPS) is 10.7. The van der Waals surface area contributed by atoms with Gasteiger partial charge in [0.2, 0.25) is 0 Å². The van der Waals surface area contributed by atoms with E-state index in [2.05, 4.69) is 10.6 Å². The molecule has 0 fully saturated rings. The minimum Gasteiger partial charge on any atom is -0.489 e. The van der Waals surface area contributed by atoms with Crippen LogP contribution < -0.4 is 15.4 Å². The first-order chi connectivity index (χ1) is 17.5. The molecule has 2 N–H and O–H groups in total. The van der Waals surface area contributed by atoms with Crippen LogP contribution in [0.15, 0.2) is 108 Å². The predicted molar refractivity (Wildman–Crippen MR) is 141 cm³/mol. The van der Waals surface area contributed by atoms with Crippen molar-refractivity contribution in [2.24, 2.45) is 0 Å². The van der Waals surface area contributed by atoms with Gasteiger partial charge in [-0.15, -0.1) is 0 Å². The maximum Gasteiger partial charge on any atom is 0.291 e. The van der Waals surface area contributed by atoms with Gasteiger partial charge in [-0.25, -0.2) is 0 Å². The molecular weight excluding hydrogens is 452 g/mol. The molecule has 5 rings (SSSR count). The molecule has 0 aliphatic heterocycles. The van der Waals surface area contributed by atoms with Gasteiger partial charge < -0.3 is 19.8 Å². The van der Waals surface area contributed by atoms with E-state index in [-0.39, 0.29) is 17.6 Å². The number of rotatable bonds is 7. The van der Waals surface area contributed by atoms with Crippen molar-refractivity contribution in [3.63, 3.8) is 0 Å². The zero-order chi connectivity index (χ0) is 24.9. The Balaban J connectivity index is 1.19. The Morgan fingerprint density at radius 1 is 0.778 bits per heavy atom. The number of hydrogen-bond acceptors (Lipinski definition) is 4. The number of furan rings is 1. The van der Waals surface area contributed by atoms with E-state index in [1.54, 1.807) is 42.5 Å². The fourth-order valence-electron chi connectivity index (χ4n) is 3.81. The van der Waals surface area contributed by atoms with E-state index in [9.17, 15) is 9.59 Å². The van der Waals surface area contributed by atoms with Gasteiger partial charge >= 0.3 is 0 Å². The summed E-state index contributed by atoms with van der Waals surface area (Å²) in [6.07, 6.45) is 0. The molecule has 0 saturated carbocycles. The number of hydrogen-bond donors (Lipinski definition) is 2. The highest BCUT2D eigenvalue weighted by atomic mass is 16.5. The molecule has 6 heteroatoms. The summed E-state index contributed by atoms with van der Waals surface area (Å²) in [7, 11) is 0. The molecule has 0 saturated heterocycles. The van der Waals surface area contributed by atoms with Gasteiger partial charge in [0.1, 0.15) is 17.9 Å². The summed E-state index contributed by atoms with van der Waals surface area (Å²) in [5, 5.41) is 6.63. The molecule has 0 spiro atoms. The Bertz CT molecular complexity index is 1490. The van der Waals surface area contributed by atoms with Gasteiger partial charge in [-0.1, -0.05) is 48.5 Å². The molecule has 36 heavy (non-hydrogen) atoms. The van der Waals surface area contributed by atoms with Gasteiger partial charge in [0.25, 0.3) is 11.8 Å². The highest BCUT2D eigenvalue weighted by molar-refractivity contribution is 6.06. The third-order valence-electron chi connectivity index (χ3n) is 5.75. The zero-order valence-electron chi connectivity index (χ0n) is 19.7. The van der Waals surface area contributed by atoms with Crippen LogP contribution >= 0.6 is 0 Å². The highest BCUT2D eigenvalue weighted by Crippen LogP contribution is 2.24. The summed E-state index contributed by atoms with van der Waals surface area (Å²) in [6, 6.07) is 31.4. The summed E-state index contributed by atoms with van der Waals surface area (Å²) in [5.74, 6) is 0.365. The Morgan fingerprint density at radius 2 is 1.53 bits per heavy atom. The maximum atomic E-state index is 12.7. The van der Waals surface area contributed by atoms with Crippen LogP contribution in [0.2, 0.25) is 0 Å². The van der Waals surface area contributed by atoms with Crippen molar-refractivity contribution in [2.45, 2.75) is 13.5 Å². The summed E-state index contributed by atoms with van der Waals surface area (Å²) in [4.78, 5) is 25.4. The summed E-state index contributed by atoms with van der Waals surface area (Å²) < 4.78 is 11.4. The average Bonchev–Trinajstić information content (AvgIpc) is 3.35. The van der Waals surface area contributed by atoms with Gasteiger partial charge in [-0.3, -0.25) is 9.59 Å². The van der Waals surface area contributed by atoms with Crippen LogP contribution in [0, 0.1) is 6.92 Å². The van der Waals surface area contributed by atoms with E-state index >= 15 is 0 Å². The zero-order valence-corrected chi connectivity index (χ0v) is 19.7. The van der Waals surface area contributed by atoms with Gasteiger partial charge in [-0.05, 0) is 72.6 Å². The minimum absolute atomic E-state index is 0.233. The number of carbonyl (C=O) groups excluding carboxylic acids is 2. The second-order valence-electron chi connectivity index (χ2n) is 8.39. The van der Waals surface area contributed by atoms with E-state index < -0.39 is 0 Å². The van der Waals surface area contributed by atoms with Crippen molar-refractivity contribution in [3.05, 3.63) is 126 Å². The van der Waals surface area contributed by atoms with E-state index in [4.69, 9.17) is 9.15 Å². The molecule has 0 radical (unpaired) electrons. The topological polar surface area (TPSA) is 80.6 Å². The smallest absolute Gasteiger partial charge is 0.291 e. The molecule has 4 aromatic carbocycles. The number of carbonyl (C=O) groups is 2. The summed E-state index contributed by atoms with van der Waals surface area (Å²) in [6.45, 7) is 2.33. The van der Waals surface area contributed by atoms with Crippen molar-refractivity contribution in [2.75, 3.05) is 10.6 Å². The standard InChI is InChI=1S/C30H24N2O4/c1-20-17-24(13-16-26(20)32-30(34)28-18-23-9-5-6-10-27(23)36-28)31-29(33)22-11-14-25(15-12-22)35-19-21-7-3-2-4-8-21/h2-18H,19H2,1H3,(H,31,33)(H,32,34). The van der Waals surface area contributed by atoms with Gasteiger partial charge in [0.05, 0.1) is 0 Å². The van der Waals surface area contributed by atoms with Gasteiger partial charge in [0, 0.05) is 22.3 Å². The number of aryl methyl sites for hydroxylation is 1. The molecule has 0 atom stereocenters. The number of benzene rings is 4. The molecule has 5 aromatic rings. The molecule has 1 aromatic heterocycles. The van der Waals surface area contributed by atoms with Gasteiger partial charge in [0.15, 0.2) is 5.76 Å². The Labute approximate surface area is 208 Å². The monoisotopic (exact) mass is 476 g/mol. The van der Waals surface area contributed by atoms with Crippen LogP contribution in [-0.2, 0) is 6.61 Å². The third kappa shape index (κ3) is 5.28. The Kier molecular flexibility index (Phi) is 6.49. The number of anilines is 2. The lowest BCUT2D eigenvalue weighted by atomic mass is 10.1. The lowest BCUT2D eigenvalue weighted by molar-refractivity contribution is 0.0996. The van der Waals surface area contributed by atoms with Crippen LogP contribution in [-0.4, -0.2) is 11.8 Å². The van der Waals surface area contributed by atoms with Gasteiger partial charge in [-0.2, -0.15) is 0 Å². The largest absolute Gasteiger partial charge is 0.489 e. The quantitative estimate of drug-likeness (QED) is 0.270. The molecular formula is C30H24N2O4. The predicted octanol–water partition coefficient (Wildman–Crippen LogP) is 6.82. The molecule has 1 heterocycles. The van der Waals surface area contributed by atoms with Crippen molar-refractivity contribution in [1.29, 1.82) is 0 Å². The van der Waals surface area contributed by atoms with E-state index in [1.807, 2.05) is 67.6 Å². The molecule has 0 aliphatic carbocycles. The lowest BCUT2D eigenvalue weighted by Crippen LogP contribution is -2.14. The third-order valence-corrected chi connectivity index (χ3v) is 5.75. The fraction of sp³-hybridized carbons (Fsp3) is 0.0667. The molecule has 2 amide bonds. The van der Waals surface area contributed by atoms with Crippen molar-refractivity contribution < 1.29 is 18.7 Å². The Hall–Kier alpha value is -4.84. The van der Waals surface area contributed by atoms with Crippen LogP contribution in [0.4, 0.5) is 11.4 Å². The SMILES string of the molecule is Cc1cc(NC(=O)c2ccc(OCc3ccccc3)cc2)ccc1NC(=O)c1cc2ccccc2o1. The van der Waals surface area contributed by atoms with Crippen LogP contribution in [0.3, 0.4) is 0 Å². The van der Waals surface area contributed by atoms with E-state index in [1.165, 1.54) is 0 Å². The number of ether oxygens (including phenoxy) is 1. The van der Waals surface area contributed by atoms with Crippen molar-refractivity contribution >= 4 is 34.2 Å². The molecule has 0 bridgehead atoms. The fourth-order valence-corrected chi connectivity index (χ4v) is 3.81. The average molecular weight is 477 g/mol. The summed E-state index contributed by atoms with van der Waals surface area (Å²) in [5.41, 5.74) is 4.33. The van der Waals surface area contributed by atoms with Crippen molar-refractivity contribution in [3.8, 4) is 5.75 Å². The van der Waals surface area contributed by atoms with Crippen LogP contribution in [0.25, 0.3) is 11.0 Å². The summed E-state index contributed by atoms with van der Waals surface area (Å²) >= 11 is 0. The first-order valence-electron chi connectivity index (χ1n) is 11.5. The minimum atomic E-state index is -0.333. The second-order valence-corrected chi connectivity index (χ2v) is 8.39. The number of fused-ring (bicyclic) bond motifs is 1. The van der Waals surface area contributed by atoms with E-state index in [0.29, 0.717) is 34.9 Å². The molecule has 0 unspecified atom stereocenters. The van der Waals surface area contributed by atoms with Crippen LogP contribution in [0.1, 0.15) is 32.0 Å². The lowest BCUT2D eigenvalue weighted by Gasteiger charge is -2.11. The highest BCUT2D eigenvalue weighted by Gasteiger charge is 2.14. The number of para-hydroxylation sites is 1. The number of amides is 2. The molecule has 178 valence electrons.